The highest BCUT2D eigenvalue weighted by atomic mass is 16.5. The van der Waals surface area contributed by atoms with Crippen molar-refractivity contribution in [2.24, 2.45) is 0 Å². The maximum Gasteiger partial charge on any atom is 0.246 e. The molecule has 132 valence electrons. The number of hydrogen-bond acceptors (Lipinski definition) is 4. The summed E-state index contributed by atoms with van der Waals surface area (Å²) in [6, 6.07) is 17.1. The molecule has 1 amide bonds. The fraction of sp³-hybridized carbons (Fsp3) is 0.350. The van der Waals surface area contributed by atoms with Crippen molar-refractivity contribution < 1.29 is 14.3 Å². The molecule has 1 fully saturated rings. The van der Waals surface area contributed by atoms with Crippen molar-refractivity contribution in [1.29, 1.82) is 0 Å². The van der Waals surface area contributed by atoms with Crippen molar-refractivity contribution in [2.75, 3.05) is 38.2 Å². The van der Waals surface area contributed by atoms with Crippen LogP contribution in [0.2, 0.25) is 0 Å². The van der Waals surface area contributed by atoms with Gasteiger partial charge in [-0.15, -0.1) is 0 Å². The summed E-state index contributed by atoms with van der Waals surface area (Å²) < 4.78 is 11.1. The molecule has 0 spiro atoms. The number of para-hydroxylation sites is 2. The van der Waals surface area contributed by atoms with Crippen LogP contribution in [0, 0.1) is 0 Å². The number of ether oxygens (including phenoxy) is 2. The molecule has 0 aromatic heterocycles. The Labute approximate surface area is 148 Å². The zero-order chi connectivity index (χ0) is 17.5. The molecule has 5 heteroatoms. The van der Waals surface area contributed by atoms with Crippen LogP contribution in [-0.4, -0.2) is 43.7 Å². The Kier molecular flexibility index (Phi) is 6.04. The van der Waals surface area contributed by atoms with E-state index in [-0.39, 0.29) is 11.9 Å². The van der Waals surface area contributed by atoms with E-state index < -0.39 is 0 Å². The summed E-state index contributed by atoms with van der Waals surface area (Å²) in [4.78, 5) is 15.3. The molecular formula is C20H24N2O3. The Morgan fingerprint density at radius 1 is 1.12 bits per heavy atom. The normalized spacial score (nSPS) is 16.2. The van der Waals surface area contributed by atoms with Gasteiger partial charge in [-0.3, -0.25) is 9.69 Å². The van der Waals surface area contributed by atoms with Crippen LogP contribution in [0.3, 0.4) is 0 Å². The Hall–Kier alpha value is -2.37. The summed E-state index contributed by atoms with van der Waals surface area (Å²) in [6.07, 6.45) is 0. The maximum absolute atomic E-state index is 13.1. The summed E-state index contributed by atoms with van der Waals surface area (Å²) in [5.41, 5.74) is 1.68. The Morgan fingerprint density at radius 3 is 2.52 bits per heavy atom. The lowest BCUT2D eigenvalue weighted by Gasteiger charge is -2.33. The summed E-state index contributed by atoms with van der Waals surface area (Å²) in [7, 11) is 0. The van der Waals surface area contributed by atoms with Crippen LogP contribution in [0.5, 0.6) is 5.75 Å². The molecule has 0 bridgehead atoms. The van der Waals surface area contributed by atoms with Crippen LogP contribution in [0.25, 0.3) is 0 Å². The number of carbonyl (C=O) groups excluding carboxylic acids is 1. The summed E-state index contributed by atoms with van der Waals surface area (Å²) in [6.45, 7) is 5.25. The first-order valence-corrected chi connectivity index (χ1v) is 8.69. The lowest BCUT2D eigenvalue weighted by molar-refractivity contribution is -0.123. The van der Waals surface area contributed by atoms with Crippen molar-refractivity contribution >= 4 is 11.6 Å². The minimum Gasteiger partial charge on any atom is -0.492 e. The Bertz CT molecular complexity index is 684. The van der Waals surface area contributed by atoms with Gasteiger partial charge < -0.3 is 14.8 Å². The molecule has 3 rings (SSSR count). The van der Waals surface area contributed by atoms with Gasteiger partial charge >= 0.3 is 0 Å². The highest BCUT2D eigenvalue weighted by molar-refractivity contribution is 5.96. The van der Waals surface area contributed by atoms with Crippen LogP contribution in [-0.2, 0) is 9.53 Å². The predicted molar refractivity (Wildman–Crippen MR) is 97.8 cm³/mol. The SMILES string of the molecule is CCOc1ccccc1NC(=O)C(c1ccccc1)N1CCOCC1. The smallest absolute Gasteiger partial charge is 0.246 e. The summed E-state index contributed by atoms with van der Waals surface area (Å²) >= 11 is 0. The van der Waals surface area contributed by atoms with Crippen molar-refractivity contribution in [3.05, 3.63) is 60.2 Å². The number of anilines is 1. The van der Waals surface area contributed by atoms with E-state index >= 15 is 0 Å². The monoisotopic (exact) mass is 340 g/mol. The molecule has 1 heterocycles. The first-order valence-electron chi connectivity index (χ1n) is 8.69. The van der Waals surface area contributed by atoms with Gasteiger partial charge in [0.1, 0.15) is 11.8 Å². The van der Waals surface area contributed by atoms with Gasteiger partial charge in [0.2, 0.25) is 5.91 Å². The van der Waals surface area contributed by atoms with Crippen LogP contribution >= 0.6 is 0 Å². The van der Waals surface area contributed by atoms with Gasteiger partial charge in [-0.1, -0.05) is 42.5 Å². The molecule has 0 radical (unpaired) electrons. The third-order valence-corrected chi connectivity index (χ3v) is 4.22. The van der Waals surface area contributed by atoms with E-state index in [1.807, 2.05) is 61.5 Å². The molecule has 2 aromatic rings. The Balaban J connectivity index is 1.84. The molecule has 2 aromatic carbocycles. The molecule has 0 aliphatic carbocycles. The van der Waals surface area contributed by atoms with Crippen molar-refractivity contribution in [2.45, 2.75) is 13.0 Å². The molecule has 5 nitrogen and oxygen atoms in total. The van der Waals surface area contributed by atoms with Crippen LogP contribution in [0.15, 0.2) is 54.6 Å². The van der Waals surface area contributed by atoms with Gasteiger partial charge in [-0.05, 0) is 24.6 Å². The molecule has 1 atom stereocenters. The first kappa shape index (κ1) is 17.5. The van der Waals surface area contributed by atoms with Crippen molar-refractivity contribution in [3.8, 4) is 5.75 Å². The van der Waals surface area contributed by atoms with E-state index in [0.29, 0.717) is 31.3 Å². The number of carbonyl (C=O) groups is 1. The topological polar surface area (TPSA) is 50.8 Å². The number of rotatable bonds is 6. The van der Waals surface area contributed by atoms with Crippen LogP contribution in [0.1, 0.15) is 18.5 Å². The molecule has 1 N–H and O–H groups in total. The number of benzene rings is 2. The van der Waals surface area contributed by atoms with E-state index in [4.69, 9.17) is 9.47 Å². The number of hydrogen-bond donors (Lipinski definition) is 1. The minimum absolute atomic E-state index is 0.0553. The highest BCUT2D eigenvalue weighted by Gasteiger charge is 2.29. The molecule has 0 saturated carbocycles. The third-order valence-electron chi connectivity index (χ3n) is 4.22. The van der Waals surface area contributed by atoms with Gasteiger partial charge in [-0.25, -0.2) is 0 Å². The lowest BCUT2D eigenvalue weighted by atomic mass is 10.0. The van der Waals surface area contributed by atoms with Crippen LogP contribution in [0.4, 0.5) is 5.69 Å². The van der Waals surface area contributed by atoms with Gasteiger partial charge in [0.25, 0.3) is 0 Å². The molecule has 1 aliphatic rings. The van der Waals surface area contributed by atoms with Crippen molar-refractivity contribution in [1.82, 2.24) is 4.90 Å². The number of nitrogens with one attached hydrogen (secondary N) is 1. The predicted octanol–water partition coefficient (Wildman–Crippen LogP) is 3.10. The Morgan fingerprint density at radius 2 is 1.80 bits per heavy atom. The number of amides is 1. The minimum atomic E-state index is -0.347. The average molecular weight is 340 g/mol. The van der Waals surface area contributed by atoms with E-state index in [9.17, 15) is 4.79 Å². The van der Waals surface area contributed by atoms with E-state index in [0.717, 1.165) is 18.7 Å². The third kappa shape index (κ3) is 4.38. The second kappa shape index (κ2) is 8.65. The number of morpholine rings is 1. The van der Waals surface area contributed by atoms with E-state index in [2.05, 4.69) is 10.2 Å². The molecule has 1 aliphatic heterocycles. The fourth-order valence-electron chi connectivity index (χ4n) is 3.05. The first-order chi connectivity index (χ1) is 12.3. The molecule has 25 heavy (non-hydrogen) atoms. The quantitative estimate of drug-likeness (QED) is 0.878. The van der Waals surface area contributed by atoms with Gasteiger partial charge in [0, 0.05) is 13.1 Å². The maximum atomic E-state index is 13.1. The van der Waals surface area contributed by atoms with Crippen molar-refractivity contribution in [3.63, 3.8) is 0 Å². The zero-order valence-electron chi connectivity index (χ0n) is 14.5. The molecule has 1 unspecified atom stereocenters. The molecule has 1 saturated heterocycles. The van der Waals surface area contributed by atoms with E-state index in [1.165, 1.54) is 0 Å². The summed E-state index contributed by atoms with van der Waals surface area (Å²) in [5, 5.41) is 3.04. The molecular weight excluding hydrogens is 316 g/mol. The van der Waals surface area contributed by atoms with Crippen LogP contribution < -0.4 is 10.1 Å². The summed E-state index contributed by atoms with van der Waals surface area (Å²) in [5.74, 6) is 0.632. The average Bonchev–Trinajstić information content (AvgIpc) is 2.65. The largest absolute Gasteiger partial charge is 0.492 e. The second-order valence-electron chi connectivity index (χ2n) is 5.88. The fourth-order valence-corrected chi connectivity index (χ4v) is 3.05. The second-order valence-corrected chi connectivity index (χ2v) is 5.88. The highest BCUT2D eigenvalue weighted by Crippen LogP contribution is 2.28. The van der Waals surface area contributed by atoms with Gasteiger partial charge in [-0.2, -0.15) is 0 Å². The van der Waals surface area contributed by atoms with Gasteiger partial charge in [0.05, 0.1) is 25.5 Å². The number of nitrogens with zero attached hydrogens (tertiary/aromatic N) is 1. The lowest BCUT2D eigenvalue weighted by Crippen LogP contribution is -2.43. The standard InChI is InChI=1S/C20H24N2O3/c1-2-25-18-11-7-6-10-17(18)21-20(23)19(16-8-4-3-5-9-16)22-12-14-24-15-13-22/h3-11,19H,2,12-15H2,1H3,(H,21,23). The van der Waals surface area contributed by atoms with E-state index in [1.54, 1.807) is 0 Å². The zero-order valence-corrected chi connectivity index (χ0v) is 14.5. The van der Waals surface area contributed by atoms with Gasteiger partial charge in [0.15, 0.2) is 0 Å².